The first-order valence-electron chi connectivity index (χ1n) is 4.70. The van der Waals surface area contributed by atoms with Crippen molar-refractivity contribution in [3.8, 4) is 0 Å². The standard InChI is InChI=1S/C11H11NO.CH4O/c1-8-5-12-6-10-4-9(7-13)2-3-11(8)10;1-2/h2-6,13H,7H2,1H3;2H,1H3. The van der Waals surface area contributed by atoms with Crippen LogP contribution >= 0.6 is 0 Å². The van der Waals surface area contributed by atoms with Crippen LogP contribution in [0, 0.1) is 6.92 Å². The van der Waals surface area contributed by atoms with Gasteiger partial charge in [0.1, 0.15) is 0 Å². The van der Waals surface area contributed by atoms with Gasteiger partial charge in [-0.25, -0.2) is 0 Å². The summed E-state index contributed by atoms with van der Waals surface area (Å²) in [6.45, 7) is 2.12. The highest BCUT2D eigenvalue weighted by Gasteiger charge is 1.97. The van der Waals surface area contributed by atoms with Crippen LogP contribution in [0.15, 0.2) is 30.6 Å². The quantitative estimate of drug-likeness (QED) is 0.744. The van der Waals surface area contributed by atoms with Gasteiger partial charge in [-0.15, -0.1) is 0 Å². The van der Waals surface area contributed by atoms with E-state index < -0.39 is 0 Å². The number of aliphatic hydroxyl groups excluding tert-OH is 2. The van der Waals surface area contributed by atoms with Crippen LogP contribution in [-0.2, 0) is 6.61 Å². The minimum Gasteiger partial charge on any atom is -0.400 e. The average Bonchev–Trinajstić information content (AvgIpc) is 2.31. The zero-order chi connectivity index (χ0) is 11.3. The van der Waals surface area contributed by atoms with Gasteiger partial charge >= 0.3 is 0 Å². The summed E-state index contributed by atoms with van der Waals surface area (Å²) in [5.41, 5.74) is 2.10. The molecule has 2 N–H and O–H groups in total. The van der Waals surface area contributed by atoms with Crippen molar-refractivity contribution in [3.63, 3.8) is 0 Å². The molecule has 3 nitrogen and oxygen atoms in total. The molecule has 0 aliphatic heterocycles. The number of nitrogens with zero attached hydrogens (tertiary/aromatic N) is 1. The smallest absolute Gasteiger partial charge is 0.0682 e. The third-order valence-corrected chi connectivity index (χ3v) is 2.21. The van der Waals surface area contributed by atoms with Crippen molar-refractivity contribution in [2.75, 3.05) is 7.11 Å². The van der Waals surface area contributed by atoms with Crippen LogP contribution in [-0.4, -0.2) is 22.3 Å². The van der Waals surface area contributed by atoms with Gasteiger partial charge < -0.3 is 10.2 Å². The van der Waals surface area contributed by atoms with E-state index in [0.717, 1.165) is 18.1 Å². The van der Waals surface area contributed by atoms with Gasteiger partial charge in [-0.05, 0) is 29.5 Å². The minimum atomic E-state index is 0.0872. The molecule has 15 heavy (non-hydrogen) atoms. The molecule has 1 heterocycles. The normalized spacial score (nSPS) is 9.60. The van der Waals surface area contributed by atoms with Crippen LogP contribution in [0.25, 0.3) is 10.8 Å². The van der Waals surface area contributed by atoms with Crippen molar-refractivity contribution in [1.29, 1.82) is 0 Å². The maximum atomic E-state index is 8.95. The van der Waals surface area contributed by atoms with Gasteiger partial charge in [0.25, 0.3) is 0 Å². The summed E-state index contributed by atoms with van der Waals surface area (Å²) >= 11 is 0. The van der Waals surface area contributed by atoms with Gasteiger partial charge in [0.15, 0.2) is 0 Å². The Morgan fingerprint density at radius 1 is 1.20 bits per heavy atom. The Bertz CT molecular complexity index is 441. The number of rotatable bonds is 1. The molecule has 0 saturated heterocycles. The Balaban J connectivity index is 0.000000531. The predicted molar refractivity (Wildman–Crippen MR) is 60.5 cm³/mol. The van der Waals surface area contributed by atoms with Crippen molar-refractivity contribution < 1.29 is 10.2 Å². The third kappa shape index (κ3) is 2.52. The monoisotopic (exact) mass is 205 g/mol. The van der Waals surface area contributed by atoms with E-state index in [0.29, 0.717) is 0 Å². The van der Waals surface area contributed by atoms with E-state index in [9.17, 15) is 0 Å². The Hall–Kier alpha value is -1.45. The Kier molecular flexibility index (Phi) is 4.21. The number of aliphatic hydroxyl groups is 2. The van der Waals surface area contributed by atoms with Crippen molar-refractivity contribution in [1.82, 2.24) is 4.98 Å². The molecule has 0 unspecified atom stereocenters. The zero-order valence-electron chi connectivity index (χ0n) is 8.94. The van der Waals surface area contributed by atoms with Crippen LogP contribution in [0.5, 0.6) is 0 Å². The summed E-state index contributed by atoms with van der Waals surface area (Å²) in [7, 11) is 1.00. The largest absolute Gasteiger partial charge is 0.400 e. The number of hydrogen-bond donors (Lipinski definition) is 2. The lowest BCUT2D eigenvalue weighted by Gasteiger charge is -2.02. The van der Waals surface area contributed by atoms with Crippen molar-refractivity contribution in [2.45, 2.75) is 13.5 Å². The summed E-state index contributed by atoms with van der Waals surface area (Å²) in [5, 5.41) is 18.2. The van der Waals surface area contributed by atoms with Crippen LogP contribution in [0.1, 0.15) is 11.1 Å². The van der Waals surface area contributed by atoms with E-state index in [-0.39, 0.29) is 6.61 Å². The number of aromatic nitrogens is 1. The van der Waals surface area contributed by atoms with Gasteiger partial charge in [-0.1, -0.05) is 12.1 Å². The van der Waals surface area contributed by atoms with Crippen LogP contribution < -0.4 is 0 Å². The molecular weight excluding hydrogens is 190 g/mol. The van der Waals surface area contributed by atoms with Crippen LogP contribution in [0.4, 0.5) is 0 Å². The average molecular weight is 205 g/mol. The zero-order valence-corrected chi connectivity index (χ0v) is 8.94. The number of pyridine rings is 1. The second-order valence-electron chi connectivity index (χ2n) is 3.17. The molecule has 1 aromatic heterocycles. The Morgan fingerprint density at radius 3 is 2.60 bits per heavy atom. The SMILES string of the molecule is CO.Cc1cncc2cc(CO)ccc12. The third-order valence-electron chi connectivity index (χ3n) is 2.21. The van der Waals surface area contributed by atoms with E-state index in [2.05, 4.69) is 4.98 Å². The molecular formula is C12H15NO2. The predicted octanol–water partition coefficient (Wildman–Crippen LogP) is 1.64. The lowest BCUT2D eigenvalue weighted by atomic mass is 10.1. The molecule has 0 atom stereocenters. The van der Waals surface area contributed by atoms with Gasteiger partial charge in [0, 0.05) is 24.9 Å². The lowest BCUT2D eigenvalue weighted by molar-refractivity contribution is 0.282. The molecule has 0 bridgehead atoms. The van der Waals surface area contributed by atoms with Gasteiger partial charge in [-0.3, -0.25) is 4.98 Å². The van der Waals surface area contributed by atoms with Crippen LogP contribution in [0.2, 0.25) is 0 Å². The van der Waals surface area contributed by atoms with Crippen molar-refractivity contribution in [2.24, 2.45) is 0 Å². The Labute approximate surface area is 89.0 Å². The molecule has 0 saturated carbocycles. The highest BCUT2D eigenvalue weighted by molar-refractivity contribution is 5.85. The summed E-state index contributed by atoms with van der Waals surface area (Å²) in [4.78, 5) is 4.11. The van der Waals surface area contributed by atoms with E-state index in [1.165, 1.54) is 10.9 Å². The Morgan fingerprint density at radius 2 is 1.93 bits per heavy atom. The summed E-state index contributed by atoms with van der Waals surface area (Å²) in [6.07, 6.45) is 3.67. The number of hydrogen-bond acceptors (Lipinski definition) is 3. The van der Waals surface area contributed by atoms with E-state index in [1.807, 2.05) is 37.5 Å². The fourth-order valence-corrected chi connectivity index (χ4v) is 1.48. The van der Waals surface area contributed by atoms with Gasteiger partial charge in [-0.2, -0.15) is 0 Å². The second-order valence-corrected chi connectivity index (χ2v) is 3.17. The first kappa shape index (κ1) is 11.6. The lowest BCUT2D eigenvalue weighted by Crippen LogP contribution is -1.85. The molecule has 2 aromatic rings. The topological polar surface area (TPSA) is 53.4 Å². The summed E-state index contributed by atoms with van der Waals surface area (Å²) in [5.74, 6) is 0. The van der Waals surface area contributed by atoms with Crippen molar-refractivity contribution >= 4 is 10.8 Å². The fourth-order valence-electron chi connectivity index (χ4n) is 1.48. The highest BCUT2D eigenvalue weighted by atomic mass is 16.3. The maximum Gasteiger partial charge on any atom is 0.0682 e. The number of fused-ring (bicyclic) bond motifs is 1. The molecule has 2 rings (SSSR count). The van der Waals surface area contributed by atoms with E-state index in [4.69, 9.17) is 10.2 Å². The van der Waals surface area contributed by atoms with Crippen molar-refractivity contribution in [3.05, 3.63) is 41.7 Å². The van der Waals surface area contributed by atoms with Crippen LogP contribution in [0.3, 0.4) is 0 Å². The summed E-state index contributed by atoms with van der Waals surface area (Å²) in [6, 6.07) is 5.93. The number of benzene rings is 1. The molecule has 0 fully saturated rings. The molecule has 3 heteroatoms. The second kappa shape index (κ2) is 5.44. The number of aryl methyl sites for hydroxylation is 1. The minimum absolute atomic E-state index is 0.0872. The highest BCUT2D eigenvalue weighted by Crippen LogP contribution is 2.18. The first-order chi connectivity index (χ1) is 7.31. The molecule has 0 spiro atoms. The fraction of sp³-hybridized carbons (Fsp3) is 0.250. The van der Waals surface area contributed by atoms with Gasteiger partial charge in [0.2, 0.25) is 0 Å². The molecule has 0 amide bonds. The van der Waals surface area contributed by atoms with E-state index in [1.54, 1.807) is 0 Å². The van der Waals surface area contributed by atoms with Gasteiger partial charge in [0.05, 0.1) is 6.61 Å². The molecule has 0 aliphatic rings. The first-order valence-corrected chi connectivity index (χ1v) is 4.70. The maximum absolute atomic E-state index is 8.95. The molecule has 80 valence electrons. The molecule has 0 radical (unpaired) electrons. The van der Waals surface area contributed by atoms with E-state index >= 15 is 0 Å². The molecule has 0 aliphatic carbocycles. The molecule has 1 aromatic carbocycles. The summed E-state index contributed by atoms with van der Waals surface area (Å²) < 4.78 is 0.